The van der Waals surface area contributed by atoms with Gasteiger partial charge in [-0.05, 0) is 133 Å². The van der Waals surface area contributed by atoms with Gasteiger partial charge in [0.15, 0.2) is 82.3 Å². The van der Waals surface area contributed by atoms with Gasteiger partial charge >= 0.3 is 52.6 Å². The summed E-state index contributed by atoms with van der Waals surface area (Å²) < 4.78 is 145. The Morgan fingerprint density at radius 3 is 1.08 bits per heavy atom. The van der Waals surface area contributed by atoms with Crippen LogP contribution in [0.2, 0.25) is 36.3 Å². The third-order valence-electron chi connectivity index (χ3n) is 21.5. The summed E-state index contributed by atoms with van der Waals surface area (Å²) in [5.41, 5.74) is 0. The van der Waals surface area contributed by atoms with Crippen LogP contribution in [0.3, 0.4) is 0 Å². The van der Waals surface area contributed by atoms with Crippen molar-refractivity contribution in [2.75, 3.05) is 33.0 Å². The average molecular weight is 2120 g/mol. The minimum absolute atomic E-state index is 0. The summed E-state index contributed by atoms with van der Waals surface area (Å²) in [7, 11) is -3.78. The normalized spacial score (nSPS) is 35.5. The number of hydrogen-bond donors (Lipinski definition) is 15. The van der Waals surface area contributed by atoms with Crippen LogP contribution in [0.25, 0.3) is 0 Å². The van der Waals surface area contributed by atoms with Crippen LogP contribution < -0.4 is 80.4 Å². The van der Waals surface area contributed by atoms with Crippen molar-refractivity contribution in [2.24, 2.45) is 0 Å². The second kappa shape index (κ2) is 56.2. The van der Waals surface area contributed by atoms with Crippen molar-refractivity contribution in [3.63, 3.8) is 0 Å². The van der Waals surface area contributed by atoms with E-state index in [1.54, 1.807) is 73.6 Å². The SMILES string of the molecule is C.C.C.C=CC(O)C1OC(C)(C)O[C@H]1C=C.C=CC(O)C1OC(C)(C)O[C@H]1[C@H](O)CO.C=CC(O)C1OC(C)(C)O[C@H]1[C@H](O)CO[Si](C)(C)C(C)(C)C.C=C[C@@H]1OC(O)[C@@H]2OC(C)(C)OC21.CC1(C)OC2C(O)C=C[C@@H]2O1.CC1(C)OC2C(O)O[C@H](CO)[C@@H]2O1.CC1(C)OC2C(O)O[C@H](CO[Si](C)(C)C(C)(C)C)[C@@H]2O1.OC[C@H]1OC(O)C(O)[C@H]1O.[Br-].[CH-]=C.[Mg+2].[Na+].[O-][I+3]([O-])([O-])[O-]. The second-order valence-corrected chi connectivity index (χ2v) is 48.6. The van der Waals surface area contributed by atoms with Crippen LogP contribution in [-0.2, 0) is 94.1 Å². The Hall–Kier alpha value is 0.0300. The molecule has 39 nitrogen and oxygen atoms in total. The quantitative estimate of drug-likeness (QED) is 0.0247. The molecule has 11 fully saturated rings. The summed E-state index contributed by atoms with van der Waals surface area (Å²) >= 11 is -5.94. The minimum atomic E-state index is -5.94. The molecule has 12 aliphatic rings. The number of aliphatic hydroxyl groups is 15. The molecule has 11 heterocycles. The number of rotatable bonds is 19. The maximum atomic E-state index is 10.5. The van der Waals surface area contributed by atoms with Crippen LogP contribution in [0.4, 0.5) is 0 Å². The third kappa shape index (κ3) is 40.8. The zero-order valence-electron chi connectivity index (χ0n) is 78.2. The number of hydrogen-bond acceptors (Lipinski definition) is 39. The zero-order chi connectivity index (χ0) is 95.9. The standard InChI is InChI=1S/C16H32O5Si.C14H28O5Si.C10H18O5.C10H16O3.C9H14O4.C8H14O5.C8H12O3.C5H10O5.C2H3.3CH4.BrH.IO4.Mg.Na/c1-9-11(17)13-14(21-16(5,6)20-13)12(18)10-19-22(7,8)15(2,3)4;1-13(2,3)20(6,7)16-8-9-10-11(12(15)17-9)19-14(4,5)18-10;1-4-6(12)8-9(7(13)5-11)15-10(2,3)14-8;1-5-7(11)9-8(6-2)12-10(3,4)13-9;1-4-5-6-7(8(10)11-5)13-9(2,3)12-6;1-8(2)12-5-4(3-9)11-7(10)6(5)13-8;1-8(2)10-6-4-3-5(9)7(6)11-8;6-1-2-3(7)4(8)5(9)10-2;1-2;;;;;2-1(3,4)5;;/h9,11-14,17-18H,1,10H2,2-8H3;9-12,15H,8H2,1-7H3;4,6-9,11-13H,1,5H2,2-3H3;5-9,11H,1-2H2,3-4H3;4-8,10H,1H2,2-3H3;4-7,9-10H,3H2,1-2H3;3-7,9H,1-2H3;2-9H,1H2;1H,2H2;3*1H4;1H;;;/q;;;;;;;;-1;;;;;-1;+2;+1/p-1/t11?,12-,13?,14+;9-,10+,11?,12?;6?,7-,8?,9+;7?,8-,9?;5-,6?,7+,8?;4-,5+,6?,7?;5?,6-,7?;2-,3+,4?,5?;;;;;;;;/m11100101......../s1. The average Bonchev–Trinajstić information content (AvgIpc) is 1.66. The van der Waals surface area contributed by atoms with E-state index in [0.717, 1.165) is 0 Å². The number of ether oxygens (including phenoxy) is 18. The van der Waals surface area contributed by atoms with Crippen molar-refractivity contribution in [2.45, 2.75) is 421 Å². The predicted octanol–water partition coefficient (Wildman–Crippen LogP) is -8.80. The van der Waals surface area contributed by atoms with E-state index in [0.29, 0.717) is 6.61 Å². The van der Waals surface area contributed by atoms with E-state index in [2.05, 4.69) is 119 Å². The minimum Gasteiger partial charge on any atom is -1.00 e. The smallest absolute Gasteiger partial charge is 1.00 e. The molecule has 1 aliphatic carbocycles. The first kappa shape index (κ1) is 136. The fourth-order valence-corrected chi connectivity index (χ4v) is 15.5. The molecule has 12 rings (SSSR count). The van der Waals surface area contributed by atoms with Gasteiger partial charge in [-0.2, -0.15) is 0 Å². The first-order valence-electron chi connectivity index (χ1n) is 40.7. The Balaban J connectivity index is -0.000000693. The molecule has 0 aromatic heterocycles. The third-order valence-corrected chi connectivity index (χ3v) is 30.5. The summed E-state index contributed by atoms with van der Waals surface area (Å²) in [6, 6.07) is 0. The molecule has 45 heteroatoms. The summed E-state index contributed by atoms with van der Waals surface area (Å²) in [4.78, 5) is 0. The molecule has 0 radical (unpaired) electrons. The molecular formula is C85H159BrIMgNaO39Si2. The molecule has 130 heavy (non-hydrogen) atoms. The van der Waals surface area contributed by atoms with Gasteiger partial charge in [0, 0.05) is 0 Å². The van der Waals surface area contributed by atoms with Crippen molar-refractivity contribution in [1.82, 2.24) is 0 Å². The van der Waals surface area contributed by atoms with Gasteiger partial charge in [0.2, 0.25) is 0 Å². The van der Waals surface area contributed by atoms with Crippen LogP contribution in [0.15, 0.2) is 82.0 Å². The van der Waals surface area contributed by atoms with Gasteiger partial charge in [0.05, 0.1) is 33.0 Å². The van der Waals surface area contributed by atoms with Crippen molar-refractivity contribution in [1.29, 1.82) is 0 Å². The van der Waals surface area contributed by atoms with E-state index >= 15 is 0 Å². The van der Waals surface area contributed by atoms with Gasteiger partial charge in [0.25, 0.3) is 0 Å². The van der Waals surface area contributed by atoms with E-state index in [9.17, 15) is 46.0 Å². The fraction of sp³-hybridized carbons (Fsp3) is 0.835. The molecule has 0 amide bonds. The van der Waals surface area contributed by atoms with Crippen LogP contribution in [0, 0.1) is 6.58 Å². The van der Waals surface area contributed by atoms with Crippen molar-refractivity contribution in [3.05, 3.63) is 88.6 Å². The molecule has 0 spiro atoms. The monoisotopic (exact) mass is 2110 g/mol. The summed E-state index contributed by atoms with van der Waals surface area (Å²) in [6.45, 7) is 71.1. The van der Waals surface area contributed by atoms with Crippen LogP contribution in [0.1, 0.15) is 161 Å². The first-order chi connectivity index (χ1) is 56.5. The van der Waals surface area contributed by atoms with Crippen molar-refractivity contribution < 1.29 is 251 Å². The Labute approximate surface area is 827 Å². The van der Waals surface area contributed by atoms with Gasteiger partial charge < -0.3 is 194 Å². The molecule has 0 aromatic carbocycles. The molecule has 11 saturated heterocycles. The maximum absolute atomic E-state index is 10.5. The van der Waals surface area contributed by atoms with E-state index in [1.165, 1.54) is 18.2 Å². The van der Waals surface area contributed by atoms with Crippen molar-refractivity contribution >= 4 is 39.7 Å². The van der Waals surface area contributed by atoms with Crippen LogP contribution in [-0.4, -0.2) is 374 Å². The topological polar surface area (TPSA) is 580 Å². The first-order valence-corrected chi connectivity index (χ1v) is 50.0. The van der Waals surface area contributed by atoms with Crippen LogP contribution in [0.5, 0.6) is 0 Å². The Morgan fingerprint density at radius 2 is 0.715 bits per heavy atom. The molecule has 16 unspecified atom stereocenters. The van der Waals surface area contributed by atoms with E-state index in [1.807, 2.05) is 47.6 Å². The van der Waals surface area contributed by atoms with E-state index in [-0.39, 0.29) is 164 Å². The van der Waals surface area contributed by atoms with Gasteiger partial charge in [-0.15, -0.1) is 32.9 Å². The molecule has 0 aromatic rings. The molecule has 15 N–H and O–H groups in total. The van der Waals surface area contributed by atoms with Gasteiger partial charge in [0.1, 0.15) is 179 Å². The number of fused-ring (bicyclic) bond motifs is 4. The molecule has 758 valence electrons. The number of aliphatic hydroxyl groups excluding tert-OH is 15. The van der Waals surface area contributed by atoms with E-state index < -0.39 is 225 Å². The van der Waals surface area contributed by atoms with Crippen molar-refractivity contribution in [3.8, 4) is 0 Å². The molecular weight excluding hydrogens is 1960 g/mol. The summed E-state index contributed by atoms with van der Waals surface area (Å²) in [5, 5.41) is 140. The predicted molar refractivity (Wildman–Crippen MR) is 462 cm³/mol. The Morgan fingerprint density at radius 1 is 0.408 bits per heavy atom. The fourth-order valence-electron chi connectivity index (χ4n) is 13.5. The Kier molecular flexibility index (Phi) is 58.9. The number of halogens is 2. The molecule has 30 atom stereocenters. The molecule has 0 bridgehead atoms. The largest absolute Gasteiger partial charge is 2.00 e. The van der Waals surface area contributed by atoms with Crippen LogP contribution >= 0.6 is 0 Å². The second-order valence-electron chi connectivity index (χ2n) is 36.8. The summed E-state index contributed by atoms with van der Waals surface area (Å²) in [6.07, 6.45) is -8.47. The van der Waals surface area contributed by atoms with Gasteiger partial charge in [-0.1, -0.05) is 106 Å². The zero-order valence-corrected chi connectivity index (χ0v) is 87.3. The van der Waals surface area contributed by atoms with Gasteiger partial charge in [-0.25, -0.2) is 0 Å². The molecule has 0 saturated carbocycles. The maximum Gasteiger partial charge on any atom is 2.00 e. The van der Waals surface area contributed by atoms with E-state index in [4.69, 9.17) is 134 Å². The molecule has 11 aliphatic heterocycles. The summed E-state index contributed by atoms with van der Waals surface area (Å²) in [5.74, 6) is -4.94. The van der Waals surface area contributed by atoms with Gasteiger partial charge in [-0.3, -0.25) is 20.3 Å². The Bertz CT molecular complexity index is 3280.